The fourth-order valence-corrected chi connectivity index (χ4v) is 3.70. The van der Waals surface area contributed by atoms with E-state index in [1.165, 1.54) is 12.3 Å². The molecule has 0 aliphatic carbocycles. The molecule has 2 aromatic heterocycles. The first-order valence-corrected chi connectivity index (χ1v) is 9.87. The summed E-state index contributed by atoms with van der Waals surface area (Å²) < 4.78 is 11.3. The van der Waals surface area contributed by atoms with E-state index in [0.29, 0.717) is 26.8 Å². The number of esters is 1. The molecule has 0 fully saturated rings. The molecule has 0 bridgehead atoms. The number of aryl methyl sites for hydroxylation is 1. The van der Waals surface area contributed by atoms with Gasteiger partial charge < -0.3 is 14.4 Å². The number of rotatable bonds is 6. The Morgan fingerprint density at radius 2 is 2.07 bits per heavy atom. The summed E-state index contributed by atoms with van der Waals surface area (Å²) in [5.74, 6) is -0.152. The second-order valence-electron chi connectivity index (χ2n) is 6.76. The fourth-order valence-electron chi connectivity index (χ4n) is 2.99. The Bertz CT molecular complexity index is 1070. The van der Waals surface area contributed by atoms with Crippen molar-refractivity contribution in [1.82, 2.24) is 0 Å². The number of hydrogen-bond donors (Lipinski definition) is 0. The molecule has 1 aromatic carbocycles. The molecule has 0 amide bonds. The quantitative estimate of drug-likeness (QED) is 0.207. The van der Waals surface area contributed by atoms with Gasteiger partial charge in [-0.3, -0.25) is 4.79 Å². The number of carbonyl (C=O) groups is 1. The van der Waals surface area contributed by atoms with Gasteiger partial charge in [0.25, 0.3) is 5.03 Å². The molecule has 0 unspecified atom stereocenters. The van der Waals surface area contributed by atoms with Crippen molar-refractivity contribution in [3.63, 3.8) is 0 Å². The number of thioether (sulfide) groups is 1. The first-order chi connectivity index (χ1) is 13.3. The first kappa shape index (κ1) is 19.9. The number of fused-ring (bicyclic) bond motifs is 1. The monoisotopic (exact) mass is 399 g/mol. The van der Waals surface area contributed by atoms with Crippen LogP contribution in [0.2, 0.25) is 0 Å². The smallest absolute Gasteiger partial charge is 0.336 e. The van der Waals surface area contributed by atoms with Gasteiger partial charge in [-0.15, -0.1) is 0 Å². The molecule has 0 N–H and O–H groups in total. The van der Waals surface area contributed by atoms with Gasteiger partial charge in [-0.2, -0.15) is 4.73 Å². The highest BCUT2D eigenvalue weighted by atomic mass is 32.2. The van der Waals surface area contributed by atoms with Crippen molar-refractivity contribution in [3.8, 4) is 0 Å². The molecule has 0 aliphatic rings. The standard InChI is InChI=1S/C21H21NO5S/c1-13(2)16-10-17-15(9-20(23)27-18(17)8-14(16)3)11-26-21(24)12-28-19-6-4-5-7-22(19)25/h4-10,13H,11-12H2,1-3H3. The lowest BCUT2D eigenvalue weighted by molar-refractivity contribution is -0.645. The lowest BCUT2D eigenvalue weighted by Gasteiger charge is -2.13. The Morgan fingerprint density at radius 1 is 1.29 bits per heavy atom. The number of benzene rings is 1. The van der Waals surface area contributed by atoms with E-state index in [1.54, 1.807) is 18.2 Å². The zero-order chi connectivity index (χ0) is 20.3. The van der Waals surface area contributed by atoms with Crippen molar-refractivity contribution < 1.29 is 18.7 Å². The second-order valence-corrected chi connectivity index (χ2v) is 7.76. The van der Waals surface area contributed by atoms with Gasteiger partial charge >= 0.3 is 11.6 Å². The highest BCUT2D eigenvalue weighted by molar-refractivity contribution is 7.99. The van der Waals surface area contributed by atoms with Crippen LogP contribution in [0.4, 0.5) is 0 Å². The van der Waals surface area contributed by atoms with Gasteiger partial charge in [-0.25, -0.2) is 4.79 Å². The second kappa shape index (κ2) is 8.48. The van der Waals surface area contributed by atoms with E-state index in [2.05, 4.69) is 13.8 Å². The fraction of sp³-hybridized carbons (Fsp3) is 0.286. The van der Waals surface area contributed by atoms with E-state index in [-0.39, 0.29) is 12.4 Å². The highest BCUT2D eigenvalue weighted by Crippen LogP contribution is 2.27. The van der Waals surface area contributed by atoms with Crippen molar-refractivity contribution >= 4 is 28.7 Å². The highest BCUT2D eigenvalue weighted by Gasteiger charge is 2.14. The summed E-state index contributed by atoms with van der Waals surface area (Å²) in [6, 6.07) is 10.2. The Hall–Kier alpha value is -2.80. The number of aromatic nitrogens is 1. The maximum Gasteiger partial charge on any atom is 0.336 e. The topological polar surface area (TPSA) is 83.5 Å². The van der Waals surface area contributed by atoms with Gasteiger partial charge in [0.1, 0.15) is 17.9 Å². The predicted octanol–water partition coefficient (Wildman–Crippen LogP) is 3.69. The number of nitrogens with zero attached hydrogens (tertiary/aromatic N) is 1. The molecular formula is C21H21NO5S. The third kappa shape index (κ3) is 4.54. The summed E-state index contributed by atoms with van der Waals surface area (Å²) in [4.78, 5) is 24.0. The molecule has 0 atom stereocenters. The minimum absolute atomic E-state index is 0.00196. The SMILES string of the molecule is Cc1cc2oc(=O)cc(COC(=O)CSc3cccc[n+]3[O-])c2cc1C(C)C. The summed E-state index contributed by atoms with van der Waals surface area (Å²) in [5, 5.41) is 12.8. The van der Waals surface area contributed by atoms with Crippen LogP contribution < -0.4 is 10.4 Å². The molecule has 2 heterocycles. The van der Waals surface area contributed by atoms with Crippen molar-refractivity contribution in [2.45, 2.75) is 38.3 Å². The number of ether oxygens (including phenoxy) is 1. The van der Waals surface area contributed by atoms with E-state index in [4.69, 9.17) is 9.15 Å². The van der Waals surface area contributed by atoms with Gasteiger partial charge in [-0.05, 0) is 53.9 Å². The molecule has 6 nitrogen and oxygen atoms in total. The molecular weight excluding hydrogens is 378 g/mol. The third-order valence-corrected chi connectivity index (χ3v) is 5.35. The minimum Gasteiger partial charge on any atom is -0.618 e. The molecule has 28 heavy (non-hydrogen) atoms. The number of pyridine rings is 1. The Balaban J connectivity index is 1.76. The van der Waals surface area contributed by atoms with Gasteiger partial charge in [0.2, 0.25) is 0 Å². The Morgan fingerprint density at radius 3 is 2.79 bits per heavy atom. The molecule has 146 valence electrons. The van der Waals surface area contributed by atoms with E-state index < -0.39 is 11.6 Å². The lowest BCUT2D eigenvalue weighted by Crippen LogP contribution is -2.28. The molecule has 0 spiro atoms. The van der Waals surface area contributed by atoms with Crippen molar-refractivity contribution in [3.05, 3.63) is 74.9 Å². The Labute approximate surface area is 166 Å². The maximum atomic E-state index is 12.1. The minimum atomic E-state index is -0.485. The van der Waals surface area contributed by atoms with Crippen LogP contribution in [0.25, 0.3) is 11.0 Å². The molecule has 7 heteroatoms. The molecule has 3 rings (SSSR count). The number of hydrogen-bond acceptors (Lipinski definition) is 6. The normalized spacial score (nSPS) is 11.1. The lowest BCUT2D eigenvalue weighted by atomic mass is 9.95. The molecule has 3 aromatic rings. The summed E-state index contributed by atoms with van der Waals surface area (Å²) in [6.45, 7) is 6.13. The van der Waals surface area contributed by atoms with Gasteiger partial charge in [0, 0.05) is 29.1 Å². The summed E-state index contributed by atoms with van der Waals surface area (Å²) in [6.07, 6.45) is 1.37. The van der Waals surface area contributed by atoms with Crippen LogP contribution in [-0.4, -0.2) is 11.7 Å². The predicted molar refractivity (Wildman–Crippen MR) is 107 cm³/mol. The largest absolute Gasteiger partial charge is 0.618 e. The van der Waals surface area contributed by atoms with E-state index in [9.17, 15) is 14.8 Å². The molecule has 0 aliphatic heterocycles. The number of carbonyl (C=O) groups excluding carboxylic acids is 1. The van der Waals surface area contributed by atoms with Crippen LogP contribution in [0, 0.1) is 12.1 Å². The average molecular weight is 399 g/mol. The van der Waals surface area contributed by atoms with Crippen LogP contribution in [0.1, 0.15) is 36.5 Å². The zero-order valence-electron chi connectivity index (χ0n) is 15.9. The van der Waals surface area contributed by atoms with Crippen molar-refractivity contribution in [2.75, 3.05) is 5.75 Å². The van der Waals surface area contributed by atoms with Crippen LogP contribution in [0.15, 0.2) is 56.8 Å². The van der Waals surface area contributed by atoms with Crippen LogP contribution in [-0.2, 0) is 16.1 Å². The van der Waals surface area contributed by atoms with Crippen LogP contribution in [0.3, 0.4) is 0 Å². The summed E-state index contributed by atoms with van der Waals surface area (Å²) in [5.41, 5.74) is 2.79. The van der Waals surface area contributed by atoms with Crippen molar-refractivity contribution in [1.29, 1.82) is 0 Å². The van der Waals surface area contributed by atoms with Gasteiger partial charge in [0.05, 0.1) is 0 Å². The van der Waals surface area contributed by atoms with Gasteiger partial charge in [-0.1, -0.05) is 13.8 Å². The average Bonchev–Trinajstić information content (AvgIpc) is 2.64. The molecule has 0 saturated heterocycles. The molecule has 0 saturated carbocycles. The van der Waals surface area contributed by atoms with E-state index in [0.717, 1.165) is 28.3 Å². The first-order valence-electron chi connectivity index (χ1n) is 8.89. The summed E-state index contributed by atoms with van der Waals surface area (Å²) in [7, 11) is 0. The van der Waals surface area contributed by atoms with E-state index in [1.807, 2.05) is 19.1 Å². The van der Waals surface area contributed by atoms with Crippen LogP contribution >= 0.6 is 11.8 Å². The summed E-state index contributed by atoms with van der Waals surface area (Å²) >= 11 is 1.10. The maximum absolute atomic E-state index is 12.1. The van der Waals surface area contributed by atoms with E-state index >= 15 is 0 Å². The molecule has 0 radical (unpaired) electrons. The third-order valence-electron chi connectivity index (χ3n) is 4.35. The zero-order valence-corrected chi connectivity index (χ0v) is 16.7. The Kier molecular flexibility index (Phi) is 6.04. The van der Waals surface area contributed by atoms with Gasteiger partial charge in [0.15, 0.2) is 6.20 Å². The van der Waals surface area contributed by atoms with Crippen molar-refractivity contribution in [2.24, 2.45) is 0 Å². The van der Waals surface area contributed by atoms with Crippen LogP contribution in [0.5, 0.6) is 0 Å².